The molecule has 0 fully saturated rings. The number of halogens is 1. The molecule has 0 radical (unpaired) electrons. The molecule has 2 aromatic heterocycles. The van der Waals surface area contributed by atoms with Gasteiger partial charge in [-0.25, -0.2) is 0 Å². The number of nitrogens with zero attached hydrogens (tertiary/aromatic N) is 4. The van der Waals surface area contributed by atoms with Crippen LogP contribution in [0.15, 0.2) is 42.7 Å². The molecule has 0 aliphatic rings. The maximum Gasteiger partial charge on any atom is 0.227 e. The second-order valence-electron chi connectivity index (χ2n) is 5.99. The molecule has 2 heterocycles. The van der Waals surface area contributed by atoms with E-state index in [4.69, 9.17) is 0 Å². The van der Waals surface area contributed by atoms with Gasteiger partial charge in [0.25, 0.3) is 0 Å². The van der Waals surface area contributed by atoms with Crippen LogP contribution in [0.5, 0.6) is 0 Å². The summed E-state index contributed by atoms with van der Waals surface area (Å²) in [6, 6.07) is 10.1. The number of amides is 1. The first-order valence-corrected chi connectivity index (χ1v) is 9.16. The monoisotopic (exact) mass is 449 g/mol. The number of hydrogen-bond acceptors (Lipinski definition) is 3. The molecule has 0 aliphatic carbocycles. The lowest BCUT2D eigenvalue weighted by Crippen LogP contribution is -2.16. The third-order valence-electron chi connectivity index (χ3n) is 3.93. The quantitative estimate of drug-likeness (QED) is 0.587. The third-order valence-corrected chi connectivity index (χ3v) is 4.99. The number of nitrogens with one attached hydrogen (secondary N) is 1. The van der Waals surface area contributed by atoms with Gasteiger partial charge < -0.3 is 5.32 Å². The van der Waals surface area contributed by atoms with E-state index in [1.54, 1.807) is 6.20 Å². The molecule has 0 atom stereocenters. The van der Waals surface area contributed by atoms with Crippen molar-refractivity contribution < 1.29 is 4.79 Å². The van der Waals surface area contributed by atoms with Crippen LogP contribution in [0.25, 0.3) is 0 Å². The standard InChI is InChI=1S/C18H20IN5O/c1-13-4-3-5-15(10-13)12-23-8-6-17(22-23)21-18(25)7-9-24-14(2)16(19)11-20-24/h3-6,8,10-11H,7,9,12H2,1-2H3,(H,21,22,25). The van der Waals surface area contributed by atoms with Crippen molar-refractivity contribution in [1.82, 2.24) is 19.6 Å². The Kier molecular flexibility index (Phi) is 5.52. The van der Waals surface area contributed by atoms with Crippen molar-refractivity contribution in [2.75, 3.05) is 5.32 Å². The zero-order valence-corrected chi connectivity index (χ0v) is 16.4. The van der Waals surface area contributed by atoms with Gasteiger partial charge in [-0.05, 0) is 42.0 Å². The topological polar surface area (TPSA) is 64.7 Å². The fourth-order valence-electron chi connectivity index (χ4n) is 2.58. The Bertz CT molecular complexity index is 883. The number of aryl methyl sites for hydroxylation is 2. The van der Waals surface area contributed by atoms with Gasteiger partial charge in [0, 0.05) is 24.4 Å². The Labute approximate surface area is 160 Å². The van der Waals surface area contributed by atoms with E-state index < -0.39 is 0 Å². The molecule has 3 rings (SSSR count). The molecular weight excluding hydrogens is 429 g/mol. The van der Waals surface area contributed by atoms with Crippen LogP contribution in [-0.4, -0.2) is 25.5 Å². The first-order chi connectivity index (χ1) is 12.0. The molecule has 25 heavy (non-hydrogen) atoms. The third kappa shape index (κ3) is 4.68. The summed E-state index contributed by atoms with van der Waals surface area (Å²) in [5.74, 6) is 0.509. The van der Waals surface area contributed by atoms with E-state index >= 15 is 0 Å². The molecule has 1 aromatic carbocycles. The van der Waals surface area contributed by atoms with Crippen LogP contribution in [0.1, 0.15) is 23.2 Å². The van der Waals surface area contributed by atoms with Crippen molar-refractivity contribution in [1.29, 1.82) is 0 Å². The van der Waals surface area contributed by atoms with Crippen molar-refractivity contribution in [2.24, 2.45) is 0 Å². The molecule has 0 unspecified atom stereocenters. The molecule has 0 bridgehead atoms. The maximum absolute atomic E-state index is 12.1. The van der Waals surface area contributed by atoms with Gasteiger partial charge in [-0.15, -0.1) is 0 Å². The van der Waals surface area contributed by atoms with Crippen molar-refractivity contribution in [2.45, 2.75) is 33.4 Å². The lowest BCUT2D eigenvalue weighted by Gasteiger charge is -2.05. The Hall–Kier alpha value is -2.16. The van der Waals surface area contributed by atoms with Crippen LogP contribution in [-0.2, 0) is 17.9 Å². The number of benzene rings is 1. The SMILES string of the molecule is Cc1cccc(Cn2ccc(NC(=O)CCn3ncc(I)c3C)n2)c1. The Morgan fingerprint density at radius 2 is 2.12 bits per heavy atom. The summed E-state index contributed by atoms with van der Waals surface area (Å²) in [6.45, 7) is 5.31. The van der Waals surface area contributed by atoms with Crippen molar-refractivity contribution in [3.05, 3.63) is 63.1 Å². The number of aromatic nitrogens is 4. The van der Waals surface area contributed by atoms with E-state index in [1.807, 2.05) is 34.6 Å². The van der Waals surface area contributed by atoms with Crippen LogP contribution in [0.2, 0.25) is 0 Å². The van der Waals surface area contributed by atoms with E-state index in [9.17, 15) is 4.79 Å². The molecular formula is C18H20IN5O. The van der Waals surface area contributed by atoms with Gasteiger partial charge in [-0.1, -0.05) is 29.8 Å². The Balaban J connectivity index is 1.54. The lowest BCUT2D eigenvalue weighted by molar-refractivity contribution is -0.116. The summed E-state index contributed by atoms with van der Waals surface area (Å²) < 4.78 is 4.77. The van der Waals surface area contributed by atoms with Crippen molar-refractivity contribution in [3.8, 4) is 0 Å². The first kappa shape index (κ1) is 17.7. The van der Waals surface area contributed by atoms with Gasteiger partial charge in [-0.3, -0.25) is 14.2 Å². The molecule has 0 aliphatic heterocycles. The average molecular weight is 449 g/mol. The summed E-state index contributed by atoms with van der Waals surface area (Å²) in [5.41, 5.74) is 3.49. The Morgan fingerprint density at radius 1 is 1.28 bits per heavy atom. The molecule has 3 aromatic rings. The summed E-state index contributed by atoms with van der Waals surface area (Å²) in [6.07, 6.45) is 4.04. The largest absolute Gasteiger partial charge is 0.309 e. The van der Waals surface area contributed by atoms with Crippen LogP contribution in [0.4, 0.5) is 5.82 Å². The van der Waals surface area contributed by atoms with Gasteiger partial charge >= 0.3 is 0 Å². The van der Waals surface area contributed by atoms with Gasteiger partial charge in [0.05, 0.1) is 22.9 Å². The van der Waals surface area contributed by atoms with Crippen LogP contribution >= 0.6 is 22.6 Å². The zero-order chi connectivity index (χ0) is 17.8. The highest BCUT2D eigenvalue weighted by Crippen LogP contribution is 2.11. The highest BCUT2D eigenvalue weighted by molar-refractivity contribution is 14.1. The van der Waals surface area contributed by atoms with E-state index in [0.717, 1.165) is 9.26 Å². The van der Waals surface area contributed by atoms with E-state index in [0.29, 0.717) is 25.3 Å². The van der Waals surface area contributed by atoms with E-state index in [-0.39, 0.29) is 5.91 Å². The predicted molar refractivity (Wildman–Crippen MR) is 105 cm³/mol. The number of anilines is 1. The summed E-state index contributed by atoms with van der Waals surface area (Å²) in [4.78, 5) is 12.1. The summed E-state index contributed by atoms with van der Waals surface area (Å²) in [7, 11) is 0. The molecule has 7 heteroatoms. The fourth-order valence-corrected chi connectivity index (χ4v) is 2.98. The first-order valence-electron chi connectivity index (χ1n) is 8.08. The maximum atomic E-state index is 12.1. The second kappa shape index (κ2) is 7.81. The van der Waals surface area contributed by atoms with Gasteiger partial charge in [0.1, 0.15) is 0 Å². The molecule has 6 nitrogen and oxygen atoms in total. The normalized spacial score (nSPS) is 10.8. The second-order valence-corrected chi connectivity index (χ2v) is 7.15. The summed E-state index contributed by atoms with van der Waals surface area (Å²) in [5, 5.41) is 11.5. The highest BCUT2D eigenvalue weighted by atomic mass is 127. The molecule has 1 N–H and O–H groups in total. The van der Waals surface area contributed by atoms with Crippen LogP contribution < -0.4 is 5.32 Å². The van der Waals surface area contributed by atoms with Crippen molar-refractivity contribution >= 4 is 34.3 Å². The van der Waals surface area contributed by atoms with E-state index in [2.05, 4.69) is 63.2 Å². The number of carbonyl (C=O) groups excluding carboxylic acids is 1. The van der Waals surface area contributed by atoms with Gasteiger partial charge in [-0.2, -0.15) is 10.2 Å². The number of rotatable bonds is 6. The van der Waals surface area contributed by atoms with Crippen molar-refractivity contribution in [3.63, 3.8) is 0 Å². The van der Waals surface area contributed by atoms with Crippen LogP contribution in [0, 0.1) is 17.4 Å². The van der Waals surface area contributed by atoms with E-state index in [1.165, 1.54) is 11.1 Å². The Morgan fingerprint density at radius 3 is 2.84 bits per heavy atom. The smallest absolute Gasteiger partial charge is 0.227 e. The summed E-state index contributed by atoms with van der Waals surface area (Å²) >= 11 is 2.24. The zero-order valence-electron chi connectivity index (χ0n) is 14.2. The average Bonchev–Trinajstić information content (AvgIpc) is 3.13. The minimum absolute atomic E-state index is 0.0642. The minimum atomic E-state index is -0.0642. The van der Waals surface area contributed by atoms with Crippen LogP contribution in [0.3, 0.4) is 0 Å². The molecule has 1 amide bonds. The predicted octanol–water partition coefficient (Wildman–Crippen LogP) is 3.38. The van der Waals surface area contributed by atoms with Gasteiger partial charge in [0.2, 0.25) is 5.91 Å². The fraction of sp³-hybridized carbons (Fsp3) is 0.278. The minimum Gasteiger partial charge on any atom is -0.309 e. The molecule has 0 spiro atoms. The number of carbonyl (C=O) groups is 1. The lowest BCUT2D eigenvalue weighted by atomic mass is 10.1. The van der Waals surface area contributed by atoms with Gasteiger partial charge in [0.15, 0.2) is 5.82 Å². The molecule has 0 saturated heterocycles. The molecule has 0 saturated carbocycles. The number of hydrogen-bond donors (Lipinski definition) is 1. The molecule has 130 valence electrons. The highest BCUT2D eigenvalue weighted by Gasteiger charge is 2.08.